The van der Waals surface area contributed by atoms with Gasteiger partial charge in [-0.25, -0.2) is 8.42 Å². The van der Waals surface area contributed by atoms with Crippen molar-refractivity contribution in [3.63, 3.8) is 0 Å². The van der Waals surface area contributed by atoms with Crippen molar-refractivity contribution in [3.05, 3.63) is 0 Å². The fourth-order valence-electron chi connectivity index (χ4n) is 1.33. The number of hydrogen-bond donors (Lipinski definition) is 2. The van der Waals surface area contributed by atoms with E-state index in [0.29, 0.717) is 13.0 Å². The molecule has 6 heteroatoms. The van der Waals surface area contributed by atoms with E-state index in [-0.39, 0.29) is 29.4 Å². The van der Waals surface area contributed by atoms with Gasteiger partial charge in [0.15, 0.2) is 0 Å². The SMILES string of the molecule is CCS(=O)(=O)CCCNC(C)C(CO)SC. The van der Waals surface area contributed by atoms with Gasteiger partial charge in [-0.05, 0) is 26.1 Å². The fraction of sp³-hybridized carbons (Fsp3) is 1.00. The smallest absolute Gasteiger partial charge is 0.150 e. The first-order valence-electron chi connectivity index (χ1n) is 5.54. The highest BCUT2D eigenvalue weighted by molar-refractivity contribution is 7.99. The summed E-state index contributed by atoms with van der Waals surface area (Å²) in [5, 5.41) is 12.5. The normalized spacial score (nSPS) is 16.0. The number of aliphatic hydroxyl groups excluding tert-OH is 1. The summed E-state index contributed by atoms with van der Waals surface area (Å²) in [6.45, 7) is 4.49. The van der Waals surface area contributed by atoms with Crippen molar-refractivity contribution >= 4 is 21.6 Å². The molecular formula is C10H23NO3S2. The molecule has 0 bridgehead atoms. The van der Waals surface area contributed by atoms with E-state index in [1.807, 2.05) is 13.2 Å². The molecule has 0 saturated heterocycles. The molecule has 0 heterocycles. The Kier molecular flexibility index (Phi) is 8.45. The van der Waals surface area contributed by atoms with Crippen LogP contribution >= 0.6 is 11.8 Å². The molecule has 2 atom stereocenters. The first-order valence-corrected chi connectivity index (χ1v) is 8.65. The predicted octanol–water partition coefficient (Wildman–Crippen LogP) is 0.513. The van der Waals surface area contributed by atoms with Gasteiger partial charge in [-0.2, -0.15) is 11.8 Å². The first kappa shape index (κ1) is 16.2. The van der Waals surface area contributed by atoms with Crippen LogP contribution < -0.4 is 5.32 Å². The highest BCUT2D eigenvalue weighted by Gasteiger charge is 2.14. The van der Waals surface area contributed by atoms with Crippen molar-refractivity contribution in [1.29, 1.82) is 0 Å². The average Bonchev–Trinajstić information content (AvgIpc) is 2.26. The maximum atomic E-state index is 11.2. The lowest BCUT2D eigenvalue weighted by Crippen LogP contribution is -2.38. The molecule has 0 fully saturated rings. The van der Waals surface area contributed by atoms with Gasteiger partial charge in [0.25, 0.3) is 0 Å². The Labute approximate surface area is 103 Å². The predicted molar refractivity (Wildman–Crippen MR) is 70.8 cm³/mol. The number of rotatable bonds is 9. The van der Waals surface area contributed by atoms with Crippen LogP contribution in [-0.4, -0.2) is 55.7 Å². The van der Waals surface area contributed by atoms with Gasteiger partial charge >= 0.3 is 0 Å². The maximum Gasteiger partial charge on any atom is 0.150 e. The van der Waals surface area contributed by atoms with Gasteiger partial charge in [0.2, 0.25) is 0 Å². The molecule has 0 radical (unpaired) electrons. The van der Waals surface area contributed by atoms with Crippen molar-refractivity contribution in [2.75, 3.05) is 30.9 Å². The molecule has 2 unspecified atom stereocenters. The average molecular weight is 269 g/mol. The number of aliphatic hydroxyl groups is 1. The highest BCUT2D eigenvalue weighted by atomic mass is 32.2. The molecule has 98 valence electrons. The lowest BCUT2D eigenvalue weighted by atomic mass is 10.2. The molecular weight excluding hydrogens is 246 g/mol. The zero-order chi connectivity index (χ0) is 12.6. The van der Waals surface area contributed by atoms with Crippen LogP contribution in [0.4, 0.5) is 0 Å². The molecule has 0 rings (SSSR count). The van der Waals surface area contributed by atoms with Crippen LogP contribution in [0.1, 0.15) is 20.3 Å². The molecule has 0 aromatic rings. The van der Waals surface area contributed by atoms with Crippen LogP contribution in [0.5, 0.6) is 0 Å². The van der Waals surface area contributed by atoms with E-state index in [1.54, 1.807) is 18.7 Å². The summed E-state index contributed by atoms with van der Waals surface area (Å²) in [7, 11) is -2.84. The van der Waals surface area contributed by atoms with E-state index in [9.17, 15) is 8.42 Å². The summed E-state index contributed by atoms with van der Waals surface area (Å²) >= 11 is 1.62. The molecule has 0 saturated carbocycles. The largest absolute Gasteiger partial charge is 0.395 e. The number of hydrogen-bond acceptors (Lipinski definition) is 5. The second kappa shape index (κ2) is 8.33. The zero-order valence-corrected chi connectivity index (χ0v) is 11.9. The summed E-state index contributed by atoms with van der Waals surface area (Å²) in [5.74, 6) is 0.457. The van der Waals surface area contributed by atoms with E-state index < -0.39 is 9.84 Å². The Bertz CT molecular complexity index is 263. The summed E-state index contributed by atoms with van der Waals surface area (Å²) < 4.78 is 22.4. The first-order chi connectivity index (χ1) is 7.46. The van der Waals surface area contributed by atoms with Crippen LogP contribution in [0.15, 0.2) is 0 Å². The molecule has 16 heavy (non-hydrogen) atoms. The van der Waals surface area contributed by atoms with Gasteiger partial charge in [0.05, 0.1) is 12.4 Å². The van der Waals surface area contributed by atoms with Crippen LogP contribution in [0.3, 0.4) is 0 Å². The van der Waals surface area contributed by atoms with Crippen LogP contribution in [0.25, 0.3) is 0 Å². The Morgan fingerprint density at radius 2 is 2.06 bits per heavy atom. The summed E-state index contributed by atoms with van der Waals surface area (Å²) in [6.07, 6.45) is 2.59. The highest BCUT2D eigenvalue weighted by Crippen LogP contribution is 2.09. The van der Waals surface area contributed by atoms with Crippen molar-refractivity contribution in [1.82, 2.24) is 5.32 Å². The number of sulfone groups is 1. The zero-order valence-electron chi connectivity index (χ0n) is 10.3. The van der Waals surface area contributed by atoms with Crippen LogP contribution in [-0.2, 0) is 9.84 Å². The van der Waals surface area contributed by atoms with Gasteiger partial charge < -0.3 is 10.4 Å². The molecule has 0 aliphatic rings. The fourth-order valence-corrected chi connectivity index (χ4v) is 2.86. The summed E-state index contributed by atoms with van der Waals surface area (Å²) in [6, 6.07) is 0.198. The standard InChI is InChI=1S/C10H23NO3S2/c1-4-16(13,14)7-5-6-11-9(2)10(8-12)15-3/h9-12H,4-8H2,1-3H3. The minimum Gasteiger partial charge on any atom is -0.395 e. The maximum absolute atomic E-state index is 11.2. The molecule has 0 spiro atoms. The van der Waals surface area contributed by atoms with E-state index in [0.717, 1.165) is 0 Å². The Balaban J connectivity index is 3.74. The third-order valence-corrected chi connectivity index (χ3v) is 5.53. The van der Waals surface area contributed by atoms with Crippen molar-refractivity contribution in [2.24, 2.45) is 0 Å². The second-order valence-electron chi connectivity index (χ2n) is 3.79. The number of nitrogens with one attached hydrogen (secondary N) is 1. The van der Waals surface area contributed by atoms with E-state index >= 15 is 0 Å². The lowest BCUT2D eigenvalue weighted by Gasteiger charge is -2.21. The Morgan fingerprint density at radius 1 is 1.44 bits per heavy atom. The Hall–Kier alpha value is 0.220. The van der Waals surface area contributed by atoms with E-state index in [2.05, 4.69) is 5.32 Å². The quantitative estimate of drug-likeness (QED) is 0.597. The van der Waals surface area contributed by atoms with Crippen LogP contribution in [0.2, 0.25) is 0 Å². The molecule has 4 nitrogen and oxygen atoms in total. The van der Waals surface area contributed by atoms with Gasteiger partial charge in [-0.1, -0.05) is 6.92 Å². The second-order valence-corrected chi connectivity index (χ2v) is 7.34. The summed E-state index contributed by atoms with van der Waals surface area (Å²) in [4.78, 5) is 0. The monoisotopic (exact) mass is 269 g/mol. The molecule has 0 aliphatic heterocycles. The van der Waals surface area contributed by atoms with Crippen LogP contribution in [0, 0.1) is 0 Å². The summed E-state index contributed by atoms with van der Waals surface area (Å²) in [5.41, 5.74) is 0. The van der Waals surface area contributed by atoms with E-state index in [1.165, 1.54) is 0 Å². The molecule has 0 aromatic heterocycles. The molecule has 0 amide bonds. The van der Waals surface area contributed by atoms with Gasteiger partial charge in [-0.3, -0.25) is 0 Å². The third kappa shape index (κ3) is 6.73. The molecule has 2 N–H and O–H groups in total. The third-order valence-electron chi connectivity index (χ3n) is 2.58. The van der Waals surface area contributed by atoms with Crippen molar-refractivity contribution in [3.8, 4) is 0 Å². The van der Waals surface area contributed by atoms with Crippen molar-refractivity contribution < 1.29 is 13.5 Å². The number of thioether (sulfide) groups is 1. The minimum atomic E-state index is -2.84. The Morgan fingerprint density at radius 3 is 2.50 bits per heavy atom. The molecule has 0 aliphatic carbocycles. The topological polar surface area (TPSA) is 66.4 Å². The minimum absolute atomic E-state index is 0.141. The van der Waals surface area contributed by atoms with E-state index in [4.69, 9.17) is 5.11 Å². The van der Waals surface area contributed by atoms with Gasteiger partial charge in [0, 0.05) is 17.0 Å². The van der Waals surface area contributed by atoms with Gasteiger partial charge in [-0.15, -0.1) is 0 Å². The lowest BCUT2D eigenvalue weighted by molar-refractivity contribution is 0.276. The van der Waals surface area contributed by atoms with Gasteiger partial charge in [0.1, 0.15) is 9.84 Å². The molecule has 0 aromatic carbocycles. The van der Waals surface area contributed by atoms with Crippen molar-refractivity contribution in [2.45, 2.75) is 31.6 Å².